The highest BCUT2D eigenvalue weighted by molar-refractivity contribution is 7.16. The molecule has 118 valence electrons. The Bertz CT molecular complexity index is 751. The zero-order chi connectivity index (χ0) is 16.1. The Kier molecular flexibility index (Phi) is 4.93. The molecule has 0 aliphatic carbocycles. The van der Waals surface area contributed by atoms with Crippen LogP contribution in [0.1, 0.15) is 17.4 Å². The molecule has 0 aliphatic heterocycles. The summed E-state index contributed by atoms with van der Waals surface area (Å²) in [5, 5.41) is 4.10. The third-order valence-corrected chi connectivity index (χ3v) is 4.63. The molecule has 0 amide bonds. The van der Waals surface area contributed by atoms with Gasteiger partial charge in [0.15, 0.2) is 5.13 Å². The largest absolute Gasteiger partial charge is 0.494 e. The third-order valence-electron chi connectivity index (χ3n) is 3.56. The molecular formula is C19H20N2OS. The summed E-state index contributed by atoms with van der Waals surface area (Å²) in [5.41, 5.74) is 3.47. The predicted molar refractivity (Wildman–Crippen MR) is 97.5 cm³/mol. The molecular weight excluding hydrogens is 304 g/mol. The Morgan fingerprint density at radius 1 is 1.04 bits per heavy atom. The first-order valence-electron chi connectivity index (χ1n) is 7.74. The fourth-order valence-corrected chi connectivity index (χ4v) is 3.43. The summed E-state index contributed by atoms with van der Waals surface area (Å²) in [4.78, 5) is 6.01. The number of anilines is 1. The molecule has 0 unspecified atom stereocenters. The zero-order valence-corrected chi connectivity index (χ0v) is 14.2. The van der Waals surface area contributed by atoms with Crippen molar-refractivity contribution in [2.75, 3.05) is 19.0 Å². The first kappa shape index (κ1) is 15.6. The molecule has 2 aromatic carbocycles. The Hall–Kier alpha value is -2.33. The molecule has 3 rings (SSSR count). The molecule has 23 heavy (non-hydrogen) atoms. The Labute approximate surface area is 141 Å². The van der Waals surface area contributed by atoms with Crippen LogP contribution in [0.5, 0.6) is 5.75 Å². The minimum atomic E-state index is 0.680. The molecule has 0 bridgehead atoms. The van der Waals surface area contributed by atoms with Crippen molar-refractivity contribution >= 4 is 16.5 Å². The van der Waals surface area contributed by atoms with Crippen LogP contribution >= 0.6 is 11.3 Å². The van der Waals surface area contributed by atoms with Crippen LogP contribution in [0.15, 0.2) is 54.6 Å². The molecule has 1 aromatic heterocycles. The van der Waals surface area contributed by atoms with E-state index in [-0.39, 0.29) is 0 Å². The van der Waals surface area contributed by atoms with Crippen molar-refractivity contribution in [2.45, 2.75) is 13.3 Å². The number of aromatic nitrogens is 1. The molecule has 0 saturated carbocycles. The van der Waals surface area contributed by atoms with Gasteiger partial charge in [-0.15, -0.1) is 11.3 Å². The number of rotatable bonds is 6. The molecule has 1 heterocycles. The number of ether oxygens (including phenoxy) is 1. The Morgan fingerprint density at radius 2 is 1.78 bits per heavy atom. The van der Waals surface area contributed by atoms with Crippen LogP contribution in [-0.4, -0.2) is 18.6 Å². The average Bonchev–Trinajstić information content (AvgIpc) is 3.00. The quantitative estimate of drug-likeness (QED) is 0.704. The van der Waals surface area contributed by atoms with Crippen LogP contribution in [-0.2, 0) is 6.42 Å². The molecule has 0 fully saturated rings. The van der Waals surface area contributed by atoms with E-state index in [9.17, 15) is 0 Å². The maximum absolute atomic E-state index is 5.52. The minimum Gasteiger partial charge on any atom is -0.494 e. The van der Waals surface area contributed by atoms with Crippen molar-refractivity contribution in [3.8, 4) is 17.0 Å². The van der Waals surface area contributed by atoms with E-state index >= 15 is 0 Å². The Morgan fingerprint density at radius 3 is 2.43 bits per heavy atom. The van der Waals surface area contributed by atoms with Gasteiger partial charge in [0.1, 0.15) is 5.75 Å². The summed E-state index contributed by atoms with van der Waals surface area (Å²) < 4.78 is 5.52. The topological polar surface area (TPSA) is 34.1 Å². The van der Waals surface area contributed by atoms with Crippen LogP contribution in [0.3, 0.4) is 0 Å². The number of hydrogen-bond donors (Lipinski definition) is 1. The van der Waals surface area contributed by atoms with Gasteiger partial charge in [-0.3, -0.25) is 0 Å². The highest BCUT2D eigenvalue weighted by Crippen LogP contribution is 2.33. The van der Waals surface area contributed by atoms with Crippen molar-refractivity contribution < 1.29 is 4.74 Å². The zero-order valence-electron chi connectivity index (χ0n) is 13.4. The lowest BCUT2D eigenvalue weighted by molar-refractivity contribution is 0.340. The lowest BCUT2D eigenvalue weighted by atomic mass is 10.1. The van der Waals surface area contributed by atoms with Crippen LogP contribution in [0.2, 0.25) is 0 Å². The summed E-state index contributed by atoms with van der Waals surface area (Å²) in [7, 11) is 1.91. The van der Waals surface area contributed by atoms with Gasteiger partial charge in [-0.05, 0) is 36.8 Å². The second-order valence-electron chi connectivity index (χ2n) is 5.16. The Balaban J connectivity index is 1.92. The smallest absolute Gasteiger partial charge is 0.183 e. The van der Waals surface area contributed by atoms with Crippen molar-refractivity contribution in [1.82, 2.24) is 4.98 Å². The van der Waals surface area contributed by atoms with E-state index in [2.05, 4.69) is 41.7 Å². The second kappa shape index (κ2) is 7.29. The van der Waals surface area contributed by atoms with Crippen LogP contribution < -0.4 is 10.1 Å². The summed E-state index contributed by atoms with van der Waals surface area (Å²) in [6.07, 6.45) is 0.892. The number of hydrogen-bond acceptors (Lipinski definition) is 4. The van der Waals surface area contributed by atoms with E-state index < -0.39 is 0 Å². The predicted octanol–water partition coefficient (Wildman–Crippen LogP) is 4.84. The number of nitrogens with zero attached hydrogens (tertiary/aromatic N) is 1. The van der Waals surface area contributed by atoms with E-state index in [1.165, 1.54) is 10.4 Å². The fourth-order valence-electron chi connectivity index (χ4n) is 2.46. The van der Waals surface area contributed by atoms with Gasteiger partial charge in [0.05, 0.1) is 12.3 Å². The monoisotopic (exact) mass is 324 g/mol. The van der Waals surface area contributed by atoms with Crippen molar-refractivity contribution in [3.63, 3.8) is 0 Å². The lowest BCUT2D eigenvalue weighted by Crippen LogP contribution is -1.92. The molecule has 1 N–H and O–H groups in total. The van der Waals surface area contributed by atoms with Gasteiger partial charge in [-0.1, -0.05) is 30.3 Å². The van der Waals surface area contributed by atoms with Crippen molar-refractivity contribution in [2.24, 2.45) is 0 Å². The number of thiazole rings is 1. The first-order valence-corrected chi connectivity index (χ1v) is 8.56. The minimum absolute atomic E-state index is 0.680. The molecule has 3 aromatic rings. The van der Waals surface area contributed by atoms with Crippen LogP contribution in [0.4, 0.5) is 5.13 Å². The van der Waals surface area contributed by atoms with Gasteiger partial charge >= 0.3 is 0 Å². The molecule has 0 radical (unpaired) electrons. The summed E-state index contributed by atoms with van der Waals surface area (Å²) in [5.74, 6) is 0.893. The van der Waals surface area contributed by atoms with E-state index in [1.807, 2.05) is 32.2 Å². The first-order chi connectivity index (χ1) is 11.3. The maximum Gasteiger partial charge on any atom is 0.183 e. The maximum atomic E-state index is 5.52. The van der Waals surface area contributed by atoms with Crippen LogP contribution in [0.25, 0.3) is 11.3 Å². The van der Waals surface area contributed by atoms with Crippen molar-refractivity contribution in [1.29, 1.82) is 0 Å². The molecule has 4 heteroatoms. The third kappa shape index (κ3) is 3.71. The van der Waals surface area contributed by atoms with Gasteiger partial charge in [-0.2, -0.15) is 0 Å². The fraction of sp³-hybridized carbons (Fsp3) is 0.211. The van der Waals surface area contributed by atoms with Crippen molar-refractivity contribution in [3.05, 3.63) is 65.0 Å². The molecule has 0 saturated heterocycles. The van der Waals surface area contributed by atoms with Crippen LogP contribution in [0, 0.1) is 0 Å². The number of nitrogens with one attached hydrogen (secondary N) is 1. The van der Waals surface area contributed by atoms with Gasteiger partial charge in [0.2, 0.25) is 0 Å². The highest BCUT2D eigenvalue weighted by atomic mass is 32.1. The SMILES string of the molecule is CCOc1ccc(-c2nc(NC)sc2Cc2ccccc2)cc1. The highest BCUT2D eigenvalue weighted by Gasteiger charge is 2.13. The van der Waals surface area contributed by atoms with Gasteiger partial charge in [0.25, 0.3) is 0 Å². The normalized spacial score (nSPS) is 10.5. The summed E-state index contributed by atoms with van der Waals surface area (Å²) >= 11 is 1.71. The molecule has 0 atom stereocenters. The molecule has 3 nitrogen and oxygen atoms in total. The summed E-state index contributed by atoms with van der Waals surface area (Å²) in [6, 6.07) is 18.7. The average molecular weight is 324 g/mol. The van der Waals surface area contributed by atoms with E-state index in [0.717, 1.165) is 28.6 Å². The van der Waals surface area contributed by atoms with Gasteiger partial charge < -0.3 is 10.1 Å². The van der Waals surface area contributed by atoms with E-state index in [0.29, 0.717) is 6.61 Å². The lowest BCUT2D eigenvalue weighted by Gasteiger charge is -2.05. The van der Waals surface area contributed by atoms with E-state index in [1.54, 1.807) is 11.3 Å². The van der Waals surface area contributed by atoms with Gasteiger partial charge in [0, 0.05) is 23.9 Å². The molecule has 0 spiro atoms. The standard InChI is InChI=1S/C19H20N2OS/c1-3-22-16-11-9-15(10-12-16)18-17(23-19(20-2)21-18)13-14-7-5-4-6-8-14/h4-12H,3,13H2,1-2H3,(H,20,21). The number of benzene rings is 2. The molecule has 0 aliphatic rings. The van der Waals surface area contributed by atoms with E-state index in [4.69, 9.17) is 9.72 Å². The summed E-state index contributed by atoms with van der Waals surface area (Å²) in [6.45, 7) is 2.67. The van der Waals surface area contributed by atoms with Gasteiger partial charge in [-0.25, -0.2) is 4.98 Å². The second-order valence-corrected chi connectivity index (χ2v) is 6.24.